The molecule has 4 aromatic rings. The lowest BCUT2D eigenvalue weighted by atomic mass is 10.2. The fraction of sp³-hybridized carbons (Fsp3) is 0.0435. The maximum atomic E-state index is 12.9. The molecule has 0 bridgehead atoms. The molecule has 0 saturated heterocycles. The third-order valence-electron chi connectivity index (χ3n) is 4.59. The van der Waals surface area contributed by atoms with Crippen molar-refractivity contribution in [3.8, 4) is 17.1 Å². The molecular weight excluding hydrogens is 446 g/mol. The van der Waals surface area contributed by atoms with Gasteiger partial charge >= 0.3 is 0 Å². The van der Waals surface area contributed by atoms with E-state index >= 15 is 0 Å². The van der Waals surface area contributed by atoms with Crippen LogP contribution >= 0.6 is 11.6 Å². The summed E-state index contributed by atoms with van der Waals surface area (Å²) in [6.07, 6.45) is 1.53. The highest BCUT2D eigenvalue weighted by atomic mass is 35.5. The second kappa shape index (κ2) is 9.41. The number of carbonyl (C=O) groups excluding carboxylic acids is 3. The van der Waals surface area contributed by atoms with Gasteiger partial charge in [-0.25, -0.2) is 4.68 Å². The second-order valence-corrected chi connectivity index (χ2v) is 7.40. The van der Waals surface area contributed by atoms with E-state index in [1.54, 1.807) is 65.3 Å². The van der Waals surface area contributed by atoms with E-state index in [0.29, 0.717) is 27.9 Å². The van der Waals surface area contributed by atoms with Crippen LogP contribution in [0.2, 0.25) is 5.02 Å². The molecule has 10 heteroatoms. The predicted molar refractivity (Wildman–Crippen MR) is 122 cm³/mol. The van der Waals surface area contributed by atoms with Crippen LogP contribution in [0, 0.1) is 0 Å². The van der Waals surface area contributed by atoms with E-state index in [0.717, 1.165) is 0 Å². The number of nitrogens with one attached hydrogen (secondary N) is 2. The van der Waals surface area contributed by atoms with E-state index in [4.69, 9.17) is 21.8 Å². The minimum atomic E-state index is -0.656. The first-order valence-electron chi connectivity index (χ1n) is 9.78. The van der Waals surface area contributed by atoms with E-state index in [9.17, 15) is 14.4 Å². The Morgan fingerprint density at radius 1 is 1.00 bits per heavy atom. The average molecular weight is 464 g/mol. The van der Waals surface area contributed by atoms with E-state index in [1.807, 2.05) is 0 Å². The van der Waals surface area contributed by atoms with Crippen LogP contribution in [0.15, 0.2) is 77.4 Å². The largest absolute Gasteiger partial charge is 0.463 e. The van der Waals surface area contributed by atoms with Crippen molar-refractivity contribution in [2.24, 2.45) is 5.73 Å². The molecule has 2 aromatic heterocycles. The van der Waals surface area contributed by atoms with Crippen LogP contribution in [-0.4, -0.2) is 34.0 Å². The molecule has 0 aliphatic carbocycles. The molecule has 0 radical (unpaired) electrons. The van der Waals surface area contributed by atoms with Crippen molar-refractivity contribution in [1.29, 1.82) is 0 Å². The summed E-state index contributed by atoms with van der Waals surface area (Å²) in [4.78, 5) is 35.9. The van der Waals surface area contributed by atoms with Gasteiger partial charge in [0.15, 0.2) is 11.5 Å². The van der Waals surface area contributed by atoms with Crippen LogP contribution in [0.3, 0.4) is 0 Å². The Morgan fingerprint density at radius 2 is 1.79 bits per heavy atom. The lowest BCUT2D eigenvalue weighted by molar-refractivity contribution is -0.117. The maximum Gasteiger partial charge on any atom is 0.276 e. The van der Waals surface area contributed by atoms with Gasteiger partial charge in [-0.2, -0.15) is 5.10 Å². The molecule has 3 amide bonds. The number of nitrogens with zero attached hydrogens (tertiary/aromatic N) is 2. The highest BCUT2D eigenvalue weighted by Gasteiger charge is 2.19. The summed E-state index contributed by atoms with van der Waals surface area (Å²) in [5.74, 6) is -1.09. The first-order chi connectivity index (χ1) is 15.9. The minimum Gasteiger partial charge on any atom is -0.463 e. The highest BCUT2D eigenvalue weighted by Crippen LogP contribution is 2.26. The normalized spacial score (nSPS) is 10.6. The monoisotopic (exact) mass is 463 g/mol. The third-order valence-corrected chi connectivity index (χ3v) is 4.84. The lowest BCUT2D eigenvalue weighted by Gasteiger charge is -2.07. The smallest absolute Gasteiger partial charge is 0.276 e. The van der Waals surface area contributed by atoms with E-state index in [2.05, 4.69) is 15.7 Å². The zero-order valence-corrected chi connectivity index (χ0v) is 17.9. The first-order valence-corrected chi connectivity index (χ1v) is 10.2. The summed E-state index contributed by atoms with van der Waals surface area (Å²) in [6.45, 7) is -0.285. The molecular formula is C23H18ClN5O4. The van der Waals surface area contributed by atoms with Crippen molar-refractivity contribution in [2.75, 3.05) is 11.9 Å². The van der Waals surface area contributed by atoms with Crippen molar-refractivity contribution < 1.29 is 18.8 Å². The molecule has 0 saturated carbocycles. The quantitative estimate of drug-likeness (QED) is 0.387. The third kappa shape index (κ3) is 5.10. The molecule has 0 atom stereocenters. The van der Waals surface area contributed by atoms with Crippen LogP contribution in [0.1, 0.15) is 20.8 Å². The van der Waals surface area contributed by atoms with Gasteiger partial charge in [0.05, 0.1) is 18.5 Å². The number of nitrogens with two attached hydrogens (primary N) is 1. The van der Waals surface area contributed by atoms with Gasteiger partial charge in [0, 0.05) is 22.3 Å². The molecule has 9 nitrogen and oxygen atoms in total. The summed E-state index contributed by atoms with van der Waals surface area (Å²) >= 11 is 5.99. The van der Waals surface area contributed by atoms with Gasteiger partial charge in [-0.1, -0.05) is 17.7 Å². The van der Waals surface area contributed by atoms with Gasteiger partial charge in [0.2, 0.25) is 5.91 Å². The van der Waals surface area contributed by atoms with Gasteiger partial charge in [-0.15, -0.1) is 0 Å². The van der Waals surface area contributed by atoms with Gasteiger partial charge in [0.1, 0.15) is 5.69 Å². The topological polar surface area (TPSA) is 132 Å². The standard InChI is InChI=1S/C23H18ClN5O4/c24-15-6-8-17(9-7-15)29-19(20-5-2-10-33-20)12-18(28-29)23(32)27-16-4-1-3-14(11-16)22(31)26-13-21(25)30/h1-12H,13H2,(H2,25,30)(H,26,31)(H,27,32). The lowest BCUT2D eigenvalue weighted by Crippen LogP contribution is -2.33. The molecule has 4 N–H and O–H groups in total. The van der Waals surface area contributed by atoms with Crippen LogP contribution in [0.5, 0.6) is 0 Å². The van der Waals surface area contributed by atoms with E-state index in [1.165, 1.54) is 12.3 Å². The summed E-state index contributed by atoms with van der Waals surface area (Å²) in [5.41, 5.74) is 7.10. The number of anilines is 1. The number of aromatic nitrogens is 2. The van der Waals surface area contributed by atoms with Crippen LogP contribution in [-0.2, 0) is 4.79 Å². The number of primary amides is 1. The fourth-order valence-corrected chi connectivity index (χ4v) is 3.20. The number of carbonyl (C=O) groups is 3. The minimum absolute atomic E-state index is 0.139. The summed E-state index contributed by atoms with van der Waals surface area (Å²) in [6, 6.07) is 18.4. The van der Waals surface area contributed by atoms with Crippen molar-refractivity contribution in [1.82, 2.24) is 15.1 Å². The Balaban J connectivity index is 1.60. The Hall–Kier alpha value is -4.37. The molecule has 0 fully saturated rings. The number of hydrogen-bond acceptors (Lipinski definition) is 5. The van der Waals surface area contributed by atoms with E-state index in [-0.39, 0.29) is 17.8 Å². The van der Waals surface area contributed by atoms with Gasteiger partial charge in [0.25, 0.3) is 11.8 Å². The maximum absolute atomic E-state index is 12.9. The van der Waals surface area contributed by atoms with Gasteiger partial charge < -0.3 is 20.8 Å². The Morgan fingerprint density at radius 3 is 2.48 bits per heavy atom. The van der Waals surface area contributed by atoms with Gasteiger partial charge in [-0.05, 0) is 54.6 Å². The van der Waals surface area contributed by atoms with Crippen LogP contribution < -0.4 is 16.4 Å². The SMILES string of the molecule is NC(=O)CNC(=O)c1cccc(NC(=O)c2cc(-c3ccco3)n(-c3ccc(Cl)cc3)n2)c1. The second-order valence-electron chi connectivity index (χ2n) is 6.96. The van der Waals surface area contributed by atoms with Gasteiger partial charge in [-0.3, -0.25) is 14.4 Å². The first kappa shape index (κ1) is 21.8. The zero-order valence-electron chi connectivity index (χ0n) is 17.1. The average Bonchev–Trinajstić information content (AvgIpc) is 3.48. The molecule has 0 aliphatic rings. The summed E-state index contributed by atoms with van der Waals surface area (Å²) in [7, 11) is 0. The number of hydrogen-bond donors (Lipinski definition) is 3. The van der Waals surface area contributed by atoms with Crippen molar-refractivity contribution in [3.05, 3.63) is 89.3 Å². The number of rotatable bonds is 7. The van der Waals surface area contributed by atoms with Crippen molar-refractivity contribution in [2.45, 2.75) is 0 Å². The van der Waals surface area contributed by atoms with Crippen molar-refractivity contribution in [3.63, 3.8) is 0 Å². The Kier molecular flexibility index (Phi) is 6.23. The number of furan rings is 1. The molecule has 166 valence electrons. The summed E-state index contributed by atoms with van der Waals surface area (Å²) < 4.78 is 7.08. The fourth-order valence-electron chi connectivity index (χ4n) is 3.07. The molecule has 4 rings (SSSR count). The zero-order chi connectivity index (χ0) is 23.4. The predicted octanol–water partition coefficient (Wildman–Crippen LogP) is 3.25. The van der Waals surface area contributed by atoms with E-state index < -0.39 is 17.7 Å². The number of benzene rings is 2. The Bertz CT molecular complexity index is 1310. The van der Waals surface area contributed by atoms with Crippen molar-refractivity contribution >= 4 is 35.0 Å². The molecule has 2 aromatic carbocycles. The molecule has 33 heavy (non-hydrogen) atoms. The molecule has 2 heterocycles. The van der Waals surface area contributed by atoms with Crippen LogP contribution in [0.4, 0.5) is 5.69 Å². The Labute approximate surface area is 193 Å². The highest BCUT2D eigenvalue weighted by molar-refractivity contribution is 6.30. The summed E-state index contributed by atoms with van der Waals surface area (Å²) in [5, 5.41) is 10.1. The number of halogens is 1. The van der Waals surface area contributed by atoms with Crippen LogP contribution in [0.25, 0.3) is 17.1 Å². The molecule has 0 aliphatic heterocycles. The molecule has 0 spiro atoms. The molecule has 0 unspecified atom stereocenters. The number of amides is 3.